The summed E-state index contributed by atoms with van der Waals surface area (Å²) in [6.45, 7) is 3.17. The summed E-state index contributed by atoms with van der Waals surface area (Å²) in [4.78, 5) is 25.9. The molecule has 6 nitrogen and oxygen atoms in total. The first-order chi connectivity index (χ1) is 7.11. The second-order valence-electron chi connectivity index (χ2n) is 3.68. The Hall–Kier alpha value is -1.30. The van der Waals surface area contributed by atoms with Crippen molar-refractivity contribution < 1.29 is 9.59 Å². The van der Waals surface area contributed by atoms with Gasteiger partial charge in [-0.15, -0.1) is 0 Å². The number of hydrogen-bond acceptors (Lipinski definition) is 3. The summed E-state index contributed by atoms with van der Waals surface area (Å²) in [7, 11) is 3.29. The smallest absolute Gasteiger partial charge is 0.317 e. The average molecular weight is 214 g/mol. The van der Waals surface area contributed by atoms with Gasteiger partial charge in [-0.1, -0.05) is 0 Å². The number of rotatable bonds is 2. The summed E-state index contributed by atoms with van der Waals surface area (Å²) >= 11 is 0. The number of hydrogen-bond donors (Lipinski definition) is 2. The average Bonchev–Trinajstić information content (AvgIpc) is 2.26. The summed E-state index contributed by atoms with van der Waals surface area (Å²) < 4.78 is 0. The predicted molar refractivity (Wildman–Crippen MR) is 56.5 cm³/mol. The zero-order valence-electron chi connectivity index (χ0n) is 9.25. The Kier molecular flexibility index (Phi) is 4.36. The van der Waals surface area contributed by atoms with E-state index in [1.165, 1.54) is 4.90 Å². The molecular weight excluding hydrogens is 196 g/mol. The van der Waals surface area contributed by atoms with Crippen LogP contribution in [0.15, 0.2) is 0 Å². The Labute approximate surface area is 89.6 Å². The zero-order valence-corrected chi connectivity index (χ0v) is 9.25. The van der Waals surface area contributed by atoms with Gasteiger partial charge in [-0.2, -0.15) is 0 Å². The van der Waals surface area contributed by atoms with E-state index in [0.717, 1.165) is 26.2 Å². The number of piperazine rings is 1. The lowest BCUT2D eigenvalue weighted by Crippen LogP contribution is -2.50. The molecule has 1 aliphatic heterocycles. The molecule has 3 amide bonds. The van der Waals surface area contributed by atoms with Crippen LogP contribution in [0.1, 0.15) is 0 Å². The van der Waals surface area contributed by atoms with Crippen molar-refractivity contribution in [2.75, 3.05) is 46.8 Å². The fraction of sp³-hybridized carbons (Fsp3) is 0.778. The fourth-order valence-corrected chi connectivity index (χ4v) is 1.34. The highest BCUT2D eigenvalue weighted by atomic mass is 16.2. The molecule has 0 saturated carbocycles. The van der Waals surface area contributed by atoms with E-state index >= 15 is 0 Å². The highest BCUT2D eigenvalue weighted by molar-refractivity contribution is 5.83. The Balaban J connectivity index is 2.26. The van der Waals surface area contributed by atoms with Gasteiger partial charge in [0.05, 0.1) is 6.54 Å². The van der Waals surface area contributed by atoms with Crippen LogP contribution in [0.25, 0.3) is 0 Å². The minimum Gasteiger partial charge on any atom is -0.339 e. The molecule has 86 valence electrons. The molecule has 15 heavy (non-hydrogen) atoms. The van der Waals surface area contributed by atoms with Gasteiger partial charge in [0, 0.05) is 40.3 Å². The van der Waals surface area contributed by atoms with Gasteiger partial charge in [0.2, 0.25) is 5.91 Å². The molecule has 1 saturated heterocycles. The first-order valence-electron chi connectivity index (χ1n) is 5.05. The van der Waals surface area contributed by atoms with Crippen molar-refractivity contribution >= 4 is 11.9 Å². The second kappa shape index (κ2) is 5.55. The Morgan fingerprint density at radius 3 is 2.47 bits per heavy atom. The minimum atomic E-state index is -0.238. The summed E-state index contributed by atoms with van der Waals surface area (Å²) in [5.74, 6) is -0.0216. The molecule has 0 unspecified atom stereocenters. The summed E-state index contributed by atoms with van der Waals surface area (Å²) in [6.07, 6.45) is 0. The van der Waals surface area contributed by atoms with Gasteiger partial charge >= 0.3 is 6.03 Å². The molecule has 1 rings (SSSR count). The maximum Gasteiger partial charge on any atom is 0.317 e. The lowest BCUT2D eigenvalue weighted by molar-refractivity contribution is -0.130. The van der Waals surface area contributed by atoms with Crippen LogP contribution in [-0.2, 0) is 4.79 Å². The van der Waals surface area contributed by atoms with Crippen LogP contribution in [0.3, 0.4) is 0 Å². The van der Waals surface area contributed by atoms with Gasteiger partial charge in [-0.25, -0.2) is 4.79 Å². The third kappa shape index (κ3) is 3.75. The van der Waals surface area contributed by atoms with Crippen molar-refractivity contribution in [1.82, 2.24) is 20.4 Å². The Bertz CT molecular complexity index is 236. The molecule has 0 aromatic heterocycles. The van der Waals surface area contributed by atoms with E-state index in [1.54, 1.807) is 19.0 Å². The molecule has 0 radical (unpaired) electrons. The van der Waals surface area contributed by atoms with Crippen molar-refractivity contribution in [3.63, 3.8) is 0 Å². The van der Waals surface area contributed by atoms with Gasteiger partial charge in [0.15, 0.2) is 0 Å². The van der Waals surface area contributed by atoms with Gasteiger partial charge in [0.25, 0.3) is 0 Å². The van der Waals surface area contributed by atoms with Gasteiger partial charge in [-0.3, -0.25) is 4.79 Å². The topological polar surface area (TPSA) is 64.7 Å². The van der Waals surface area contributed by atoms with Crippen molar-refractivity contribution in [1.29, 1.82) is 0 Å². The third-order valence-electron chi connectivity index (χ3n) is 2.27. The molecule has 2 N–H and O–H groups in total. The summed E-state index contributed by atoms with van der Waals surface area (Å²) in [5, 5.41) is 5.72. The number of nitrogens with zero attached hydrogens (tertiary/aromatic N) is 2. The van der Waals surface area contributed by atoms with E-state index in [9.17, 15) is 9.59 Å². The van der Waals surface area contributed by atoms with E-state index in [0.29, 0.717) is 0 Å². The van der Waals surface area contributed by atoms with E-state index in [4.69, 9.17) is 0 Å². The highest BCUT2D eigenvalue weighted by Gasteiger charge is 2.16. The Morgan fingerprint density at radius 2 is 1.93 bits per heavy atom. The van der Waals surface area contributed by atoms with Gasteiger partial charge in [-0.05, 0) is 0 Å². The molecular formula is C9H18N4O2. The SMILES string of the molecule is CN(C)C(=O)NCC(=O)N1CCNCC1. The zero-order chi connectivity index (χ0) is 11.3. The largest absolute Gasteiger partial charge is 0.339 e. The summed E-state index contributed by atoms with van der Waals surface area (Å²) in [6, 6.07) is -0.238. The standard InChI is InChI=1S/C9H18N4O2/c1-12(2)9(15)11-7-8(14)13-5-3-10-4-6-13/h10H,3-7H2,1-2H3,(H,11,15). The highest BCUT2D eigenvalue weighted by Crippen LogP contribution is 1.92. The van der Waals surface area contributed by atoms with E-state index in [2.05, 4.69) is 10.6 Å². The Morgan fingerprint density at radius 1 is 1.33 bits per heavy atom. The maximum atomic E-state index is 11.6. The lowest BCUT2D eigenvalue weighted by Gasteiger charge is -2.27. The molecule has 0 bridgehead atoms. The van der Waals surface area contributed by atoms with Crippen LogP contribution in [-0.4, -0.2) is 68.6 Å². The molecule has 0 aliphatic carbocycles. The molecule has 0 aromatic rings. The molecule has 0 aromatic carbocycles. The first kappa shape index (κ1) is 11.8. The van der Waals surface area contributed by atoms with E-state index < -0.39 is 0 Å². The van der Waals surface area contributed by atoms with Crippen molar-refractivity contribution in [2.24, 2.45) is 0 Å². The third-order valence-corrected chi connectivity index (χ3v) is 2.27. The molecule has 1 heterocycles. The fourth-order valence-electron chi connectivity index (χ4n) is 1.34. The van der Waals surface area contributed by atoms with Crippen LogP contribution in [0, 0.1) is 0 Å². The van der Waals surface area contributed by atoms with Crippen molar-refractivity contribution in [3.8, 4) is 0 Å². The van der Waals surface area contributed by atoms with Crippen LogP contribution < -0.4 is 10.6 Å². The first-order valence-corrected chi connectivity index (χ1v) is 5.05. The molecule has 1 fully saturated rings. The van der Waals surface area contributed by atoms with Crippen LogP contribution in [0.2, 0.25) is 0 Å². The number of carbonyl (C=O) groups is 2. The van der Waals surface area contributed by atoms with E-state index in [-0.39, 0.29) is 18.5 Å². The number of carbonyl (C=O) groups excluding carboxylic acids is 2. The number of nitrogens with one attached hydrogen (secondary N) is 2. The summed E-state index contributed by atoms with van der Waals surface area (Å²) in [5.41, 5.74) is 0. The van der Waals surface area contributed by atoms with Crippen LogP contribution in [0.5, 0.6) is 0 Å². The van der Waals surface area contributed by atoms with Crippen LogP contribution in [0.4, 0.5) is 4.79 Å². The molecule has 6 heteroatoms. The molecule has 1 aliphatic rings. The number of amides is 3. The normalized spacial score (nSPS) is 16.0. The maximum absolute atomic E-state index is 11.6. The quantitative estimate of drug-likeness (QED) is 0.600. The lowest BCUT2D eigenvalue weighted by atomic mass is 10.3. The van der Waals surface area contributed by atoms with Crippen molar-refractivity contribution in [3.05, 3.63) is 0 Å². The molecule has 0 spiro atoms. The minimum absolute atomic E-state index is 0.0216. The van der Waals surface area contributed by atoms with Crippen LogP contribution >= 0.6 is 0 Å². The van der Waals surface area contributed by atoms with E-state index in [1.807, 2.05) is 0 Å². The van der Waals surface area contributed by atoms with Gasteiger partial charge < -0.3 is 20.4 Å². The second-order valence-corrected chi connectivity index (χ2v) is 3.68. The molecule has 0 atom stereocenters. The van der Waals surface area contributed by atoms with Gasteiger partial charge in [0.1, 0.15) is 0 Å². The monoisotopic (exact) mass is 214 g/mol. The van der Waals surface area contributed by atoms with Crippen molar-refractivity contribution in [2.45, 2.75) is 0 Å². The predicted octanol–water partition coefficient (Wildman–Crippen LogP) is -1.31. The number of urea groups is 1.